The molecule has 1 aliphatic carbocycles. The van der Waals surface area contributed by atoms with E-state index < -0.39 is 0 Å². The van der Waals surface area contributed by atoms with Gasteiger partial charge in [0.2, 0.25) is 0 Å². The van der Waals surface area contributed by atoms with Crippen molar-refractivity contribution in [3.8, 4) is 5.75 Å². The predicted octanol–water partition coefficient (Wildman–Crippen LogP) is 2.73. The van der Waals surface area contributed by atoms with Crippen LogP contribution in [0.4, 0.5) is 5.69 Å². The van der Waals surface area contributed by atoms with E-state index in [1.165, 1.54) is 19.3 Å². The van der Waals surface area contributed by atoms with Gasteiger partial charge in [-0.2, -0.15) is 0 Å². The van der Waals surface area contributed by atoms with Crippen molar-refractivity contribution in [2.45, 2.75) is 45.1 Å². The van der Waals surface area contributed by atoms with Crippen molar-refractivity contribution in [1.29, 1.82) is 0 Å². The van der Waals surface area contributed by atoms with Gasteiger partial charge in [0.25, 0.3) is 5.91 Å². The largest absolute Gasteiger partial charge is 0.484 e. The van der Waals surface area contributed by atoms with Gasteiger partial charge in [0, 0.05) is 11.7 Å². The molecule has 0 aromatic heterocycles. The summed E-state index contributed by atoms with van der Waals surface area (Å²) in [5, 5.41) is 3.06. The monoisotopic (exact) mass is 276 g/mol. The number of nitrogens with one attached hydrogen (secondary N) is 1. The van der Waals surface area contributed by atoms with Gasteiger partial charge in [-0.05, 0) is 55.9 Å². The maximum Gasteiger partial charge on any atom is 0.258 e. The molecule has 0 radical (unpaired) electrons. The Labute approximate surface area is 120 Å². The zero-order valence-electron chi connectivity index (χ0n) is 12.1. The van der Waals surface area contributed by atoms with E-state index in [0.717, 1.165) is 18.8 Å². The van der Waals surface area contributed by atoms with Crippen molar-refractivity contribution in [2.24, 2.45) is 5.92 Å². The van der Waals surface area contributed by atoms with Gasteiger partial charge in [-0.1, -0.05) is 13.3 Å². The second kappa shape index (κ2) is 7.17. The minimum Gasteiger partial charge on any atom is -0.484 e. The van der Waals surface area contributed by atoms with Gasteiger partial charge in [-0.25, -0.2) is 0 Å². The van der Waals surface area contributed by atoms with Crippen LogP contribution in [-0.4, -0.2) is 18.6 Å². The molecule has 1 saturated carbocycles. The van der Waals surface area contributed by atoms with E-state index in [1.54, 1.807) is 24.3 Å². The van der Waals surface area contributed by atoms with Crippen LogP contribution < -0.4 is 15.8 Å². The minimum atomic E-state index is -0.0400. The van der Waals surface area contributed by atoms with E-state index in [0.29, 0.717) is 17.5 Å². The van der Waals surface area contributed by atoms with Crippen LogP contribution in [-0.2, 0) is 4.79 Å². The smallest absolute Gasteiger partial charge is 0.258 e. The highest BCUT2D eigenvalue weighted by Crippen LogP contribution is 2.26. The zero-order valence-corrected chi connectivity index (χ0v) is 12.1. The highest BCUT2D eigenvalue weighted by molar-refractivity contribution is 5.77. The number of hydrogen-bond acceptors (Lipinski definition) is 3. The average molecular weight is 276 g/mol. The highest BCUT2D eigenvalue weighted by Gasteiger charge is 2.21. The van der Waals surface area contributed by atoms with Crippen LogP contribution in [0.25, 0.3) is 0 Å². The summed E-state index contributed by atoms with van der Waals surface area (Å²) in [6.45, 7) is 2.31. The molecule has 1 aromatic carbocycles. The molecule has 1 amide bonds. The van der Waals surface area contributed by atoms with E-state index in [4.69, 9.17) is 10.5 Å². The summed E-state index contributed by atoms with van der Waals surface area (Å²) >= 11 is 0. The highest BCUT2D eigenvalue weighted by atomic mass is 16.5. The molecule has 1 aromatic rings. The van der Waals surface area contributed by atoms with Crippen LogP contribution in [0, 0.1) is 5.92 Å². The minimum absolute atomic E-state index is 0.0400. The quantitative estimate of drug-likeness (QED) is 0.813. The standard InChI is InChI=1S/C16H24N2O2/c1-2-12-3-7-14(8-4-12)18-16(19)11-20-15-9-5-13(17)6-10-15/h5-6,9-10,12,14H,2-4,7-8,11,17H2,1H3,(H,18,19). The lowest BCUT2D eigenvalue weighted by molar-refractivity contribution is -0.124. The fourth-order valence-corrected chi connectivity index (χ4v) is 2.70. The molecule has 1 aliphatic rings. The lowest BCUT2D eigenvalue weighted by Crippen LogP contribution is -2.40. The molecule has 4 nitrogen and oxygen atoms in total. The summed E-state index contributed by atoms with van der Waals surface area (Å²) in [5.74, 6) is 1.47. The van der Waals surface area contributed by atoms with Crippen LogP contribution >= 0.6 is 0 Å². The first-order valence-corrected chi connectivity index (χ1v) is 7.45. The normalized spacial score (nSPS) is 22.2. The third-order valence-electron chi connectivity index (χ3n) is 4.04. The Morgan fingerprint density at radius 1 is 1.25 bits per heavy atom. The first-order chi connectivity index (χ1) is 9.67. The number of carbonyl (C=O) groups is 1. The number of anilines is 1. The summed E-state index contributed by atoms with van der Waals surface area (Å²) in [6.07, 6.45) is 5.87. The van der Waals surface area contributed by atoms with Gasteiger partial charge in [0.1, 0.15) is 5.75 Å². The lowest BCUT2D eigenvalue weighted by Gasteiger charge is -2.28. The van der Waals surface area contributed by atoms with Crippen molar-refractivity contribution in [3.63, 3.8) is 0 Å². The number of nitrogen functional groups attached to an aromatic ring is 1. The molecule has 0 saturated heterocycles. The molecular formula is C16H24N2O2. The predicted molar refractivity (Wildman–Crippen MR) is 80.5 cm³/mol. The van der Waals surface area contributed by atoms with E-state index in [1.807, 2.05) is 0 Å². The maximum atomic E-state index is 11.8. The summed E-state index contributed by atoms with van der Waals surface area (Å²) in [7, 11) is 0. The fourth-order valence-electron chi connectivity index (χ4n) is 2.70. The Kier molecular flexibility index (Phi) is 5.27. The molecule has 0 unspecified atom stereocenters. The van der Waals surface area contributed by atoms with Crippen molar-refractivity contribution in [3.05, 3.63) is 24.3 Å². The fraction of sp³-hybridized carbons (Fsp3) is 0.562. The molecule has 0 aliphatic heterocycles. The van der Waals surface area contributed by atoms with Crippen LogP contribution in [0.2, 0.25) is 0 Å². The SMILES string of the molecule is CCC1CCC(NC(=O)COc2ccc(N)cc2)CC1. The van der Waals surface area contributed by atoms with E-state index in [-0.39, 0.29) is 12.5 Å². The molecule has 110 valence electrons. The van der Waals surface area contributed by atoms with E-state index >= 15 is 0 Å². The molecule has 20 heavy (non-hydrogen) atoms. The van der Waals surface area contributed by atoms with Gasteiger partial charge in [-0.3, -0.25) is 4.79 Å². The Morgan fingerprint density at radius 2 is 1.90 bits per heavy atom. The lowest BCUT2D eigenvalue weighted by atomic mass is 9.84. The summed E-state index contributed by atoms with van der Waals surface area (Å²) < 4.78 is 5.44. The molecule has 2 rings (SSSR count). The Morgan fingerprint density at radius 3 is 2.50 bits per heavy atom. The number of hydrogen-bond donors (Lipinski definition) is 2. The molecule has 0 spiro atoms. The molecule has 4 heteroatoms. The summed E-state index contributed by atoms with van der Waals surface area (Å²) in [5.41, 5.74) is 6.28. The van der Waals surface area contributed by atoms with Gasteiger partial charge in [0.15, 0.2) is 6.61 Å². The second-order valence-corrected chi connectivity index (χ2v) is 5.55. The first-order valence-electron chi connectivity index (χ1n) is 7.45. The van der Waals surface area contributed by atoms with Crippen LogP contribution in [0.5, 0.6) is 5.75 Å². The molecule has 0 atom stereocenters. The second-order valence-electron chi connectivity index (χ2n) is 5.55. The van der Waals surface area contributed by atoms with Crippen molar-refractivity contribution >= 4 is 11.6 Å². The van der Waals surface area contributed by atoms with Crippen molar-refractivity contribution < 1.29 is 9.53 Å². The van der Waals surface area contributed by atoms with Crippen molar-refractivity contribution in [2.75, 3.05) is 12.3 Å². The Bertz CT molecular complexity index is 423. The maximum absolute atomic E-state index is 11.8. The topological polar surface area (TPSA) is 64.3 Å². The molecule has 1 fully saturated rings. The van der Waals surface area contributed by atoms with Crippen LogP contribution in [0.1, 0.15) is 39.0 Å². The number of rotatable bonds is 5. The molecule has 0 heterocycles. The molecule has 3 N–H and O–H groups in total. The number of carbonyl (C=O) groups excluding carboxylic acids is 1. The van der Waals surface area contributed by atoms with Gasteiger partial charge < -0.3 is 15.8 Å². The van der Waals surface area contributed by atoms with E-state index in [2.05, 4.69) is 12.2 Å². The van der Waals surface area contributed by atoms with E-state index in [9.17, 15) is 4.79 Å². The summed E-state index contributed by atoms with van der Waals surface area (Å²) in [4.78, 5) is 11.8. The van der Waals surface area contributed by atoms with Gasteiger partial charge >= 0.3 is 0 Å². The molecular weight excluding hydrogens is 252 g/mol. The third-order valence-corrected chi connectivity index (χ3v) is 4.04. The Balaban J connectivity index is 1.69. The number of nitrogens with two attached hydrogens (primary N) is 1. The Hall–Kier alpha value is -1.71. The molecule has 0 bridgehead atoms. The van der Waals surface area contributed by atoms with Crippen LogP contribution in [0.3, 0.4) is 0 Å². The third kappa shape index (κ3) is 4.44. The first kappa shape index (κ1) is 14.7. The summed E-state index contributed by atoms with van der Waals surface area (Å²) in [6, 6.07) is 7.39. The zero-order chi connectivity index (χ0) is 14.4. The number of ether oxygens (including phenoxy) is 1. The van der Waals surface area contributed by atoms with Gasteiger partial charge in [-0.15, -0.1) is 0 Å². The number of amides is 1. The van der Waals surface area contributed by atoms with Crippen molar-refractivity contribution in [1.82, 2.24) is 5.32 Å². The van der Waals surface area contributed by atoms with Crippen LogP contribution in [0.15, 0.2) is 24.3 Å². The average Bonchev–Trinajstić information content (AvgIpc) is 2.47. The van der Waals surface area contributed by atoms with Gasteiger partial charge in [0.05, 0.1) is 0 Å². The number of benzene rings is 1.